The lowest BCUT2D eigenvalue weighted by Crippen LogP contribution is -2.44. The normalized spacial score (nSPS) is 12.4. The van der Waals surface area contributed by atoms with Crippen LogP contribution in [0.25, 0.3) is 11.3 Å². The Kier molecular flexibility index (Phi) is 9.15. The van der Waals surface area contributed by atoms with E-state index >= 15 is 0 Å². The Balaban J connectivity index is 1.45. The summed E-state index contributed by atoms with van der Waals surface area (Å²) >= 11 is 0. The molecule has 0 saturated carbocycles. The van der Waals surface area contributed by atoms with Gasteiger partial charge in [0, 0.05) is 43.7 Å². The van der Waals surface area contributed by atoms with Crippen LogP contribution in [-0.2, 0) is 35.2 Å². The number of hydrogen-bond acceptors (Lipinski definition) is 6. The summed E-state index contributed by atoms with van der Waals surface area (Å²) in [6, 6.07) is 20.3. The zero-order chi connectivity index (χ0) is 29.7. The summed E-state index contributed by atoms with van der Waals surface area (Å²) in [5, 5.41) is 8.01. The Labute approximate surface area is 237 Å². The van der Waals surface area contributed by atoms with E-state index in [2.05, 4.69) is 20.1 Å². The van der Waals surface area contributed by atoms with Crippen molar-refractivity contribution in [2.45, 2.75) is 52.1 Å². The quantitative estimate of drug-likeness (QED) is 0.219. The molecule has 2 aromatic carbocycles. The van der Waals surface area contributed by atoms with Crippen molar-refractivity contribution in [1.82, 2.24) is 24.8 Å². The van der Waals surface area contributed by atoms with Gasteiger partial charge < -0.3 is 10.1 Å². The average molecular weight is 588 g/mol. The summed E-state index contributed by atoms with van der Waals surface area (Å²) in [6.45, 7) is 6.91. The average Bonchev–Trinajstić information content (AvgIpc) is 3.31. The van der Waals surface area contributed by atoms with Gasteiger partial charge >= 0.3 is 6.18 Å². The maximum Gasteiger partial charge on any atom is 0.404 e. The van der Waals surface area contributed by atoms with Gasteiger partial charge in [-0.15, -0.1) is 0 Å². The molecule has 2 N–H and O–H groups in total. The molecule has 4 rings (SSSR count). The van der Waals surface area contributed by atoms with Crippen molar-refractivity contribution in [1.29, 1.82) is 0 Å². The van der Waals surface area contributed by atoms with Crippen LogP contribution in [0.1, 0.15) is 37.5 Å². The largest absolute Gasteiger partial charge is 0.439 e. The summed E-state index contributed by atoms with van der Waals surface area (Å²) < 4.78 is 72.4. The minimum atomic E-state index is -4.84. The highest BCUT2D eigenvalue weighted by molar-refractivity contribution is 7.89. The van der Waals surface area contributed by atoms with E-state index in [9.17, 15) is 21.6 Å². The maximum absolute atomic E-state index is 12.7. The molecule has 0 radical (unpaired) electrons. The molecule has 0 unspecified atom stereocenters. The van der Waals surface area contributed by atoms with Crippen LogP contribution in [0.3, 0.4) is 0 Å². The Morgan fingerprint density at radius 3 is 2.22 bits per heavy atom. The number of hydrogen-bond donors (Lipinski definition) is 2. The number of halogens is 3. The zero-order valence-corrected chi connectivity index (χ0v) is 23.8. The number of alkyl halides is 3. The van der Waals surface area contributed by atoms with E-state index < -0.39 is 27.5 Å². The zero-order valence-electron chi connectivity index (χ0n) is 22.9. The SMILES string of the molecule is CCn1nc(-c2cccc(C(C)(C)NS(=O)(=O)CC(F)(F)F)c2)cc1Oc1ccc(CNCc2ccncc2)cc1. The van der Waals surface area contributed by atoms with Crippen LogP contribution in [0.4, 0.5) is 13.2 Å². The lowest BCUT2D eigenvalue weighted by Gasteiger charge is -2.27. The number of nitrogens with zero attached hydrogens (tertiary/aromatic N) is 3. The number of sulfonamides is 1. The topological polar surface area (TPSA) is 98.1 Å². The van der Waals surface area contributed by atoms with Crippen molar-refractivity contribution in [3.05, 3.63) is 95.8 Å². The number of nitrogens with one attached hydrogen (secondary N) is 2. The van der Waals surface area contributed by atoms with E-state index in [0.29, 0.717) is 41.5 Å². The van der Waals surface area contributed by atoms with Crippen LogP contribution in [-0.4, -0.2) is 35.1 Å². The monoisotopic (exact) mass is 587 g/mol. The van der Waals surface area contributed by atoms with E-state index in [-0.39, 0.29) is 0 Å². The van der Waals surface area contributed by atoms with Crippen molar-refractivity contribution in [2.75, 3.05) is 5.75 Å². The number of aryl methyl sites for hydroxylation is 1. The van der Waals surface area contributed by atoms with E-state index in [1.54, 1.807) is 47.4 Å². The number of ether oxygens (including phenoxy) is 1. The van der Waals surface area contributed by atoms with Gasteiger partial charge in [-0.05, 0) is 67.8 Å². The minimum Gasteiger partial charge on any atom is -0.439 e. The van der Waals surface area contributed by atoms with Gasteiger partial charge in [-0.1, -0.05) is 30.3 Å². The summed E-state index contributed by atoms with van der Waals surface area (Å²) in [6.07, 6.45) is -1.32. The molecule has 0 saturated heterocycles. The minimum absolute atomic E-state index is 0.488. The highest BCUT2D eigenvalue weighted by Crippen LogP contribution is 2.31. The summed E-state index contributed by atoms with van der Waals surface area (Å²) in [5.74, 6) is -0.798. The fourth-order valence-corrected chi connectivity index (χ4v) is 5.66. The van der Waals surface area contributed by atoms with E-state index in [1.807, 2.05) is 43.3 Å². The molecule has 0 spiro atoms. The molecule has 2 heterocycles. The van der Waals surface area contributed by atoms with Crippen LogP contribution < -0.4 is 14.8 Å². The van der Waals surface area contributed by atoms with Crippen molar-refractivity contribution in [3.8, 4) is 22.9 Å². The van der Waals surface area contributed by atoms with E-state index in [1.165, 1.54) is 13.8 Å². The second-order valence-electron chi connectivity index (χ2n) is 10.1. The summed E-state index contributed by atoms with van der Waals surface area (Å²) in [5.41, 5.74) is 2.69. The molecule has 8 nitrogen and oxygen atoms in total. The molecule has 0 amide bonds. The van der Waals surface area contributed by atoms with Crippen LogP contribution in [0.15, 0.2) is 79.1 Å². The molecule has 4 aromatic rings. The molecular formula is C29H32F3N5O3S. The van der Waals surface area contributed by atoms with Gasteiger partial charge in [0.15, 0.2) is 5.75 Å². The molecule has 41 heavy (non-hydrogen) atoms. The highest BCUT2D eigenvalue weighted by Gasteiger charge is 2.38. The second-order valence-corrected chi connectivity index (χ2v) is 11.8. The van der Waals surface area contributed by atoms with E-state index in [0.717, 1.165) is 17.7 Å². The van der Waals surface area contributed by atoms with E-state index in [4.69, 9.17) is 4.74 Å². The predicted octanol–water partition coefficient (Wildman–Crippen LogP) is 5.76. The van der Waals surface area contributed by atoms with Gasteiger partial charge in [-0.3, -0.25) is 4.98 Å². The third kappa shape index (κ3) is 8.62. The van der Waals surface area contributed by atoms with Gasteiger partial charge in [0.1, 0.15) is 5.75 Å². The molecule has 2 aromatic heterocycles. The van der Waals surface area contributed by atoms with Crippen LogP contribution >= 0.6 is 0 Å². The Morgan fingerprint density at radius 2 is 1.59 bits per heavy atom. The molecule has 0 bridgehead atoms. The van der Waals surface area contributed by atoms with Crippen LogP contribution in [0, 0.1) is 0 Å². The number of rotatable bonds is 12. The van der Waals surface area contributed by atoms with Crippen LogP contribution in [0.5, 0.6) is 11.6 Å². The predicted molar refractivity (Wildman–Crippen MR) is 151 cm³/mol. The molecule has 0 aliphatic heterocycles. The summed E-state index contributed by atoms with van der Waals surface area (Å²) in [7, 11) is -4.61. The van der Waals surface area contributed by atoms with Gasteiger partial charge in [0.25, 0.3) is 0 Å². The third-order valence-corrected chi connectivity index (χ3v) is 7.77. The smallest absolute Gasteiger partial charge is 0.404 e. The molecule has 0 aliphatic carbocycles. The molecule has 218 valence electrons. The Morgan fingerprint density at radius 1 is 0.927 bits per heavy atom. The molecule has 0 atom stereocenters. The highest BCUT2D eigenvalue weighted by atomic mass is 32.2. The van der Waals surface area contributed by atoms with Crippen molar-refractivity contribution < 1.29 is 26.3 Å². The Hall–Kier alpha value is -3.74. The first kappa shape index (κ1) is 30.2. The van der Waals surface area contributed by atoms with Gasteiger partial charge in [0.05, 0.1) is 11.2 Å². The molecule has 12 heteroatoms. The van der Waals surface area contributed by atoms with Crippen molar-refractivity contribution >= 4 is 10.0 Å². The third-order valence-electron chi connectivity index (χ3n) is 6.24. The number of benzene rings is 2. The first-order valence-electron chi connectivity index (χ1n) is 13.0. The van der Waals surface area contributed by atoms with Crippen molar-refractivity contribution in [3.63, 3.8) is 0 Å². The van der Waals surface area contributed by atoms with Gasteiger partial charge in [0.2, 0.25) is 15.9 Å². The Bertz CT molecular complexity index is 1550. The molecule has 0 fully saturated rings. The fourth-order valence-electron chi connectivity index (χ4n) is 4.26. The molecular weight excluding hydrogens is 555 g/mol. The van der Waals surface area contributed by atoms with Crippen LogP contribution in [0.2, 0.25) is 0 Å². The van der Waals surface area contributed by atoms with Gasteiger partial charge in [-0.25, -0.2) is 17.8 Å². The second kappa shape index (κ2) is 12.4. The lowest BCUT2D eigenvalue weighted by atomic mass is 9.93. The maximum atomic E-state index is 12.7. The molecule has 0 aliphatic rings. The number of aromatic nitrogens is 3. The first-order valence-corrected chi connectivity index (χ1v) is 14.6. The summed E-state index contributed by atoms with van der Waals surface area (Å²) in [4.78, 5) is 4.02. The first-order chi connectivity index (χ1) is 19.3. The van der Waals surface area contributed by atoms with Gasteiger partial charge in [-0.2, -0.15) is 18.3 Å². The van der Waals surface area contributed by atoms with Crippen molar-refractivity contribution in [2.24, 2.45) is 0 Å². The standard InChI is InChI=1S/C29H32F3N5O3S/c1-4-37-27(40-25-10-8-21(9-11-25)18-34-19-22-12-14-33-15-13-22)17-26(35-37)23-6-5-7-24(16-23)28(2,3)36-41(38,39)20-29(30,31)32/h5-17,34,36H,4,18-20H2,1-3H3. The lowest BCUT2D eigenvalue weighted by molar-refractivity contribution is -0.106. The fraction of sp³-hybridized carbons (Fsp3) is 0.310. The number of pyridine rings is 1.